The molecule has 0 saturated carbocycles. The van der Waals surface area contributed by atoms with Gasteiger partial charge in [0, 0.05) is 18.0 Å². The van der Waals surface area contributed by atoms with Gasteiger partial charge in [-0.3, -0.25) is 0 Å². The molecule has 0 N–H and O–H groups in total. The Morgan fingerprint density at radius 3 is 2.29 bits per heavy atom. The summed E-state index contributed by atoms with van der Waals surface area (Å²) in [4.78, 5) is 4.12. The van der Waals surface area contributed by atoms with Gasteiger partial charge in [-0.05, 0) is 17.5 Å². The third-order valence-corrected chi connectivity index (χ3v) is 4.34. The second-order valence-corrected chi connectivity index (χ2v) is 5.98. The zero-order valence-electron chi connectivity index (χ0n) is 13.5. The fourth-order valence-electron chi connectivity index (χ4n) is 3.09. The molecule has 4 rings (SSSR count). The average Bonchev–Trinajstić information content (AvgIpc) is 3.16. The van der Waals surface area contributed by atoms with E-state index in [0.717, 1.165) is 12.0 Å². The van der Waals surface area contributed by atoms with E-state index in [9.17, 15) is 0 Å². The molecule has 0 radical (unpaired) electrons. The summed E-state index contributed by atoms with van der Waals surface area (Å²) in [5, 5.41) is 0. The van der Waals surface area contributed by atoms with Gasteiger partial charge in [0.05, 0.1) is 26.1 Å². The van der Waals surface area contributed by atoms with E-state index in [4.69, 9.17) is 9.47 Å². The van der Waals surface area contributed by atoms with Crippen molar-refractivity contribution in [1.29, 1.82) is 0 Å². The summed E-state index contributed by atoms with van der Waals surface area (Å²) in [6, 6.07) is 18.8. The normalized spacial score (nSPS) is 16.8. The molecule has 1 aliphatic heterocycles. The number of aromatic nitrogens is 2. The smallest absolute Gasteiger partial charge is 0.213 e. The second kappa shape index (κ2) is 6.59. The molecular weight excluding hydrogens is 300 g/mol. The van der Waals surface area contributed by atoms with Gasteiger partial charge >= 0.3 is 0 Å². The lowest BCUT2D eigenvalue weighted by atomic mass is 9.99. The first-order chi connectivity index (χ1) is 11.9. The molecule has 24 heavy (non-hydrogen) atoms. The van der Waals surface area contributed by atoms with E-state index < -0.39 is 5.79 Å². The van der Waals surface area contributed by atoms with Crippen LogP contribution in [0.1, 0.15) is 12.0 Å². The van der Waals surface area contributed by atoms with Gasteiger partial charge in [0.2, 0.25) is 5.79 Å². The number of nitrogens with zero attached hydrogens (tertiary/aromatic N) is 2. The Bertz CT molecular complexity index is 761. The maximum Gasteiger partial charge on any atom is 0.213 e. The summed E-state index contributed by atoms with van der Waals surface area (Å²) >= 11 is 0. The molecule has 4 heteroatoms. The van der Waals surface area contributed by atoms with Crippen molar-refractivity contribution in [3.63, 3.8) is 0 Å². The first kappa shape index (κ1) is 15.1. The lowest BCUT2D eigenvalue weighted by molar-refractivity contribution is -0.283. The Kier molecular flexibility index (Phi) is 4.15. The van der Waals surface area contributed by atoms with Gasteiger partial charge in [-0.1, -0.05) is 54.6 Å². The van der Waals surface area contributed by atoms with Crippen LogP contribution in [0.4, 0.5) is 0 Å². The molecule has 3 aromatic rings. The van der Waals surface area contributed by atoms with Crippen LogP contribution in [0.2, 0.25) is 0 Å². The van der Waals surface area contributed by atoms with Gasteiger partial charge < -0.3 is 14.0 Å². The standard InChI is InChI=1S/C20H20N2O2/c1-2-5-17(6-3-1)18-7-9-19(10-8-18)20(23-13-4-14-24-20)15-22-12-11-21-16-22/h1-3,5-12,16H,4,13-15H2. The molecule has 2 aromatic carbocycles. The number of imidazole rings is 1. The molecule has 4 nitrogen and oxygen atoms in total. The number of rotatable bonds is 4. The predicted octanol–water partition coefficient (Wildman–Crippen LogP) is 3.84. The van der Waals surface area contributed by atoms with E-state index in [1.807, 2.05) is 16.8 Å². The van der Waals surface area contributed by atoms with Crippen molar-refractivity contribution in [2.75, 3.05) is 13.2 Å². The van der Waals surface area contributed by atoms with E-state index in [2.05, 4.69) is 53.5 Å². The lowest BCUT2D eigenvalue weighted by Crippen LogP contribution is -2.41. The predicted molar refractivity (Wildman–Crippen MR) is 92.3 cm³/mol. The highest BCUT2D eigenvalue weighted by Gasteiger charge is 2.37. The van der Waals surface area contributed by atoms with Gasteiger partial charge in [-0.25, -0.2) is 4.98 Å². The Labute approximate surface area is 141 Å². The van der Waals surface area contributed by atoms with Crippen molar-refractivity contribution in [3.8, 4) is 11.1 Å². The molecule has 1 aromatic heterocycles. The van der Waals surface area contributed by atoms with Crippen molar-refractivity contribution in [1.82, 2.24) is 9.55 Å². The lowest BCUT2D eigenvalue weighted by Gasteiger charge is -2.37. The van der Waals surface area contributed by atoms with Gasteiger partial charge in [0.25, 0.3) is 0 Å². The number of hydrogen-bond acceptors (Lipinski definition) is 3. The summed E-state index contributed by atoms with van der Waals surface area (Å²) in [7, 11) is 0. The maximum atomic E-state index is 6.10. The molecule has 0 spiro atoms. The molecule has 1 saturated heterocycles. The SMILES string of the molecule is c1ccc(-c2ccc(C3(Cn4ccnc4)OCCCO3)cc2)cc1. The van der Waals surface area contributed by atoms with Gasteiger partial charge in [-0.15, -0.1) is 0 Å². The molecule has 0 bridgehead atoms. The zero-order valence-corrected chi connectivity index (χ0v) is 13.5. The van der Waals surface area contributed by atoms with Crippen LogP contribution in [0.25, 0.3) is 11.1 Å². The van der Waals surface area contributed by atoms with Crippen molar-refractivity contribution >= 4 is 0 Å². The molecule has 2 heterocycles. The zero-order chi connectivity index (χ0) is 16.2. The highest BCUT2D eigenvalue weighted by Crippen LogP contribution is 2.34. The topological polar surface area (TPSA) is 36.3 Å². The highest BCUT2D eigenvalue weighted by molar-refractivity contribution is 5.63. The molecule has 0 amide bonds. The maximum absolute atomic E-state index is 6.10. The summed E-state index contributed by atoms with van der Waals surface area (Å²) in [5.74, 6) is -0.742. The highest BCUT2D eigenvalue weighted by atomic mass is 16.7. The molecule has 122 valence electrons. The van der Waals surface area contributed by atoms with Crippen LogP contribution >= 0.6 is 0 Å². The van der Waals surface area contributed by atoms with Crippen LogP contribution in [0, 0.1) is 0 Å². The van der Waals surface area contributed by atoms with Crippen LogP contribution in [-0.4, -0.2) is 22.8 Å². The van der Waals surface area contributed by atoms with Gasteiger partial charge in [0.15, 0.2) is 0 Å². The largest absolute Gasteiger partial charge is 0.344 e. The van der Waals surface area contributed by atoms with Crippen LogP contribution in [0.5, 0.6) is 0 Å². The van der Waals surface area contributed by atoms with E-state index in [0.29, 0.717) is 19.8 Å². The molecule has 1 aliphatic rings. The number of benzene rings is 2. The fourth-order valence-corrected chi connectivity index (χ4v) is 3.09. The van der Waals surface area contributed by atoms with Gasteiger partial charge in [0.1, 0.15) is 0 Å². The monoisotopic (exact) mass is 320 g/mol. The number of ether oxygens (including phenoxy) is 2. The Morgan fingerprint density at radius 1 is 0.917 bits per heavy atom. The first-order valence-corrected chi connectivity index (χ1v) is 8.25. The Balaban J connectivity index is 1.65. The van der Waals surface area contributed by atoms with E-state index >= 15 is 0 Å². The van der Waals surface area contributed by atoms with Crippen molar-refractivity contribution < 1.29 is 9.47 Å². The van der Waals surface area contributed by atoms with E-state index in [-0.39, 0.29) is 0 Å². The fraction of sp³-hybridized carbons (Fsp3) is 0.250. The average molecular weight is 320 g/mol. The minimum atomic E-state index is -0.742. The first-order valence-electron chi connectivity index (χ1n) is 8.25. The van der Waals surface area contributed by atoms with Crippen molar-refractivity contribution in [2.45, 2.75) is 18.8 Å². The Morgan fingerprint density at radius 2 is 1.62 bits per heavy atom. The van der Waals surface area contributed by atoms with E-state index in [1.54, 1.807) is 12.5 Å². The van der Waals surface area contributed by atoms with Gasteiger partial charge in [-0.2, -0.15) is 0 Å². The molecular formula is C20H20N2O2. The quantitative estimate of drug-likeness (QED) is 0.733. The third-order valence-electron chi connectivity index (χ3n) is 4.34. The van der Waals surface area contributed by atoms with Crippen LogP contribution in [0.3, 0.4) is 0 Å². The number of hydrogen-bond donors (Lipinski definition) is 0. The third kappa shape index (κ3) is 2.98. The summed E-state index contributed by atoms with van der Waals surface area (Å²) < 4.78 is 14.2. The van der Waals surface area contributed by atoms with Crippen LogP contribution < -0.4 is 0 Å². The summed E-state index contributed by atoms with van der Waals surface area (Å²) in [6.45, 7) is 2.00. The second-order valence-electron chi connectivity index (χ2n) is 5.98. The van der Waals surface area contributed by atoms with Crippen molar-refractivity contribution in [2.24, 2.45) is 0 Å². The minimum Gasteiger partial charge on any atom is -0.344 e. The molecule has 0 aliphatic carbocycles. The van der Waals surface area contributed by atoms with Crippen LogP contribution in [0.15, 0.2) is 73.3 Å². The van der Waals surface area contributed by atoms with Crippen molar-refractivity contribution in [3.05, 3.63) is 78.9 Å². The Hall–Kier alpha value is -2.43. The van der Waals surface area contributed by atoms with Crippen LogP contribution in [-0.2, 0) is 21.8 Å². The molecule has 0 atom stereocenters. The van der Waals surface area contributed by atoms with E-state index in [1.165, 1.54) is 11.1 Å². The minimum absolute atomic E-state index is 0.595. The molecule has 1 fully saturated rings. The summed E-state index contributed by atoms with van der Waals surface area (Å²) in [6.07, 6.45) is 6.42. The summed E-state index contributed by atoms with van der Waals surface area (Å²) in [5.41, 5.74) is 3.43. The molecule has 0 unspecified atom stereocenters.